The van der Waals surface area contributed by atoms with E-state index < -0.39 is 11.6 Å². The molecule has 5 nitrogen and oxygen atoms in total. The zero-order valence-corrected chi connectivity index (χ0v) is 22.2. The average molecular weight is 537 g/mol. The molecule has 0 unspecified atom stereocenters. The van der Waals surface area contributed by atoms with E-state index in [4.69, 9.17) is 14.7 Å². The topological polar surface area (TPSA) is 62.8 Å². The van der Waals surface area contributed by atoms with Gasteiger partial charge >= 0.3 is 0 Å². The lowest BCUT2D eigenvalue weighted by atomic mass is 9.62. The van der Waals surface area contributed by atoms with Crippen LogP contribution in [0.3, 0.4) is 0 Å². The molecule has 3 aliphatic carbocycles. The van der Waals surface area contributed by atoms with Gasteiger partial charge in [-0.2, -0.15) is 0 Å². The fourth-order valence-corrected chi connectivity index (χ4v) is 6.62. The van der Waals surface area contributed by atoms with Crippen molar-refractivity contribution in [2.75, 3.05) is 5.32 Å². The third-order valence-electron chi connectivity index (χ3n) is 8.75. The molecule has 2 heterocycles. The van der Waals surface area contributed by atoms with Gasteiger partial charge in [0.25, 0.3) is 0 Å². The Balaban J connectivity index is 1.28. The van der Waals surface area contributed by atoms with Gasteiger partial charge in [-0.25, -0.2) is 18.7 Å². The molecule has 3 aliphatic rings. The van der Waals surface area contributed by atoms with Crippen LogP contribution in [0.25, 0.3) is 33.5 Å². The van der Waals surface area contributed by atoms with E-state index >= 15 is 0 Å². The number of aromatic amines is 1. The molecule has 5 aromatic rings. The lowest BCUT2D eigenvalue weighted by Gasteiger charge is -2.47. The standard InChI is InChI=1S/C33H30F2N4O/c1-19-20-7-9-22(10-8-20)31(19)38-30-17-29(21-11-13-25(14-12-21)40-24-5-3-2-4-6-24)37-33(39-30)27-18-36-32-26(27)15-23(34)16-28(32)35/h2-6,11-20,22,31,36H,7-10H2,1H3,(H,37,38,39)/t19-,20?,22?,31+/m1/s1. The molecular weight excluding hydrogens is 506 g/mol. The molecule has 2 N–H and O–H groups in total. The smallest absolute Gasteiger partial charge is 0.164 e. The SMILES string of the molecule is C[C@@H]1C2CCC(CC2)[C@H]1Nc1cc(-c2ccc(Oc3ccccc3)cc2)nc(-c2c[nH]c3c(F)cc(F)cc23)n1. The fourth-order valence-electron chi connectivity index (χ4n) is 6.62. The first-order chi connectivity index (χ1) is 19.5. The fraction of sp³-hybridized carbons (Fsp3) is 0.273. The summed E-state index contributed by atoms with van der Waals surface area (Å²) < 4.78 is 34.7. The Morgan fingerprint density at radius 2 is 1.57 bits per heavy atom. The number of benzene rings is 3. The lowest BCUT2D eigenvalue weighted by molar-refractivity contribution is 0.0928. The van der Waals surface area contributed by atoms with Crippen molar-refractivity contribution in [1.82, 2.24) is 15.0 Å². The van der Waals surface area contributed by atoms with Crippen LogP contribution in [-0.2, 0) is 0 Å². The number of ether oxygens (including phenoxy) is 1. The number of anilines is 1. The summed E-state index contributed by atoms with van der Waals surface area (Å²) in [6.45, 7) is 2.34. The first-order valence-electron chi connectivity index (χ1n) is 14.0. The number of rotatable bonds is 6. The number of hydrogen-bond acceptors (Lipinski definition) is 4. The van der Waals surface area contributed by atoms with E-state index in [1.165, 1.54) is 31.7 Å². The Morgan fingerprint density at radius 1 is 0.850 bits per heavy atom. The van der Waals surface area contributed by atoms with E-state index in [1.807, 2.05) is 60.7 Å². The number of aromatic nitrogens is 3. The van der Waals surface area contributed by atoms with Crippen molar-refractivity contribution in [3.8, 4) is 34.1 Å². The van der Waals surface area contributed by atoms with Crippen molar-refractivity contribution in [3.05, 3.63) is 90.6 Å². The molecular formula is C33H30F2N4O. The third-order valence-corrected chi connectivity index (χ3v) is 8.75. The number of H-pyrrole nitrogens is 1. The Labute approximate surface area is 231 Å². The number of hydrogen-bond donors (Lipinski definition) is 2. The van der Waals surface area contributed by atoms with Gasteiger partial charge in [-0.3, -0.25) is 0 Å². The van der Waals surface area contributed by atoms with Crippen LogP contribution in [0.5, 0.6) is 11.5 Å². The monoisotopic (exact) mass is 536 g/mol. The van der Waals surface area contributed by atoms with Crippen molar-refractivity contribution >= 4 is 16.7 Å². The van der Waals surface area contributed by atoms with Crippen LogP contribution in [0.15, 0.2) is 79.0 Å². The molecule has 3 fully saturated rings. The maximum Gasteiger partial charge on any atom is 0.164 e. The van der Waals surface area contributed by atoms with Gasteiger partial charge in [0.1, 0.15) is 29.0 Å². The highest BCUT2D eigenvalue weighted by Crippen LogP contribution is 2.46. The van der Waals surface area contributed by atoms with Crippen LogP contribution in [0.4, 0.5) is 14.6 Å². The van der Waals surface area contributed by atoms with Crippen LogP contribution in [-0.4, -0.2) is 21.0 Å². The molecule has 2 aromatic heterocycles. The van der Waals surface area contributed by atoms with Crippen molar-refractivity contribution in [3.63, 3.8) is 0 Å². The van der Waals surface area contributed by atoms with Gasteiger partial charge in [0.2, 0.25) is 0 Å². The minimum Gasteiger partial charge on any atom is -0.457 e. The average Bonchev–Trinajstić information content (AvgIpc) is 3.40. The summed E-state index contributed by atoms with van der Waals surface area (Å²) in [4.78, 5) is 12.7. The molecule has 3 aromatic carbocycles. The number of fused-ring (bicyclic) bond motifs is 4. The molecule has 0 amide bonds. The number of halogens is 2. The number of nitrogens with one attached hydrogen (secondary N) is 2. The molecule has 40 heavy (non-hydrogen) atoms. The van der Waals surface area contributed by atoms with Crippen LogP contribution in [0.1, 0.15) is 32.6 Å². The summed E-state index contributed by atoms with van der Waals surface area (Å²) in [6, 6.07) is 21.9. The van der Waals surface area contributed by atoms with Crippen molar-refractivity contribution in [1.29, 1.82) is 0 Å². The highest BCUT2D eigenvalue weighted by molar-refractivity contribution is 5.94. The third kappa shape index (κ3) is 4.59. The maximum atomic E-state index is 14.5. The Bertz CT molecular complexity index is 1660. The van der Waals surface area contributed by atoms with E-state index in [1.54, 1.807) is 6.20 Å². The normalized spacial score (nSPS) is 22.0. The summed E-state index contributed by atoms with van der Waals surface area (Å²) in [6.07, 6.45) is 6.73. The van der Waals surface area contributed by atoms with E-state index in [2.05, 4.69) is 17.2 Å². The largest absolute Gasteiger partial charge is 0.457 e. The molecule has 0 aliphatic heterocycles. The zero-order valence-electron chi connectivity index (χ0n) is 22.2. The minimum atomic E-state index is -0.642. The molecule has 2 atom stereocenters. The van der Waals surface area contributed by atoms with Gasteiger partial charge in [0.15, 0.2) is 5.82 Å². The summed E-state index contributed by atoms with van der Waals surface area (Å²) in [7, 11) is 0. The van der Waals surface area contributed by atoms with E-state index in [-0.39, 0.29) is 5.52 Å². The van der Waals surface area contributed by atoms with E-state index in [0.29, 0.717) is 34.7 Å². The predicted octanol–water partition coefficient (Wildman–Crippen LogP) is 8.60. The first-order valence-corrected chi connectivity index (χ1v) is 14.0. The minimum absolute atomic E-state index is 0.237. The molecule has 8 rings (SSSR count). The molecule has 3 saturated carbocycles. The molecule has 7 heteroatoms. The van der Waals surface area contributed by atoms with Gasteiger partial charge in [-0.1, -0.05) is 25.1 Å². The Hall–Kier alpha value is -4.26. The van der Waals surface area contributed by atoms with Crippen LogP contribution < -0.4 is 10.1 Å². The Morgan fingerprint density at radius 3 is 2.33 bits per heavy atom. The van der Waals surface area contributed by atoms with Gasteiger partial charge < -0.3 is 15.0 Å². The Kier molecular flexibility index (Phi) is 6.22. The first kappa shape index (κ1) is 24.8. The molecule has 0 radical (unpaired) electrons. The highest BCUT2D eigenvalue weighted by Gasteiger charge is 2.41. The van der Waals surface area contributed by atoms with Gasteiger partial charge in [0.05, 0.1) is 11.2 Å². The van der Waals surface area contributed by atoms with Crippen LogP contribution in [0, 0.1) is 29.4 Å². The predicted molar refractivity (Wildman–Crippen MR) is 153 cm³/mol. The van der Waals surface area contributed by atoms with Gasteiger partial charge in [-0.15, -0.1) is 0 Å². The van der Waals surface area contributed by atoms with Gasteiger partial charge in [-0.05, 0) is 85.9 Å². The number of nitrogens with zero attached hydrogens (tertiary/aromatic N) is 2. The molecule has 202 valence electrons. The summed E-state index contributed by atoms with van der Waals surface area (Å²) >= 11 is 0. The molecule has 0 saturated heterocycles. The maximum absolute atomic E-state index is 14.5. The zero-order chi connectivity index (χ0) is 27.2. The second-order valence-corrected chi connectivity index (χ2v) is 11.1. The molecule has 2 bridgehead atoms. The van der Waals surface area contributed by atoms with E-state index in [0.717, 1.165) is 40.6 Å². The van der Waals surface area contributed by atoms with Crippen molar-refractivity contribution < 1.29 is 13.5 Å². The van der Waals surface area contributed by atoms with E-state index in [9.17, 15) is 8.78 Å². The number of para-hydroxylation sites is 1. The van der Waals surface area contributed by atoms with Crippen molar-refractivity contribution in [2.24, 2.45) is 17.8 Å². The highest BCUT2D eigenvalue weighted by atomic mass is 19.1. The summed E-state index contributed by atoms with van der Waals surface area (Å²) in [5.74, 6) is 3.25. The quantitative estimate of drug-likeness (QED) is 0.228. The second kappa shape index (κ2) is 10.0. The van der Waals surface area contributed by atoms with Crippen molar-refractivity contribution in [2.45, 2.75) is 38.6 Å². The lowest BCUT2D eigenvalue weighted by Crippen LogP contribution is -2.47. The second-order valence-electron chi connectivity index (χ2n) is 11.1. The summed E-state index contributed by atoms with van der Waals surface area (Å²) in [5, 5.41) is 4.17. The van der Waals surface area contributed by atoms with Crippen LogP contribution >= 0.6 is 0 Å². The van der Waals surface area contributed by atoms with Crippen LogP contribution in [0.2, 0.25) is 0 Å². The van der Waals surface area contributed by atoms with Gasteiger partial charge in [0, 0.05) is 40.9 Å². The molecule has 0 spiro atoms. The summed E-state index contributed by atoms with van der Waals surface area (Å²) in [5.41, 5.74) is 2.40.